The number of hydrogen-bond donors (Lipinski definition) is 2. The van der Waals surface area contributed by atoms with Gasteiger partial charge in [-0.25, -0.2) is 0 Å². The SMILES string of the molecule is CC(NC(=O)[C@@H]1CNC[C@H]1C)C1CCN(Cc2ccccc2)C1. The summed E-state index contributed by atoms with van der Waals surface area (Å²) in [6.07, 6.45) is 1.17. The van der Waals surface area contributed by atoms with Crippen molar-refractivity contribution in [1.82, 2.24) is 15.5 Å². The molecule has 0 aromatic heterocycles. The van der Waals surface area contributed by atoms with E-state index < -0.39 is 0 Å². The smallest absolute Gasteiger partial charge is 0.224 e. The first-order valence-electron chi connectivity index (χ1n) is 8.91. The summed E-state index contributed by atoms with van der Waals surface area (Å²) in [5, 5.41) is 6.58. The Morgan fingerprint density at radius 2 is 2.13 bits per heavy atom. The van der Waals surface area contributed by atoms with Crippen LogP contribution in [0, 0.1) is 17.8 Å². The number of amides is 1. The highest BCUT2D eigenvalue weighted by Crippen LogP contribution is 2.23. The number of hydrogen-bond acceptors (Lipinski definition) is 3. The van der Waals surface area contributed by atoms with Crippen molar-refractivity contribution in [3.63, 3.8) is 0 Å². The van der Waals surface area contributed by atoms with Crippen LogP contribution in [0.2, 0.25) is 0 Å². The minimum Gasteiger partial charge on any atom is -0.353 e. The van der Waals surface area contributed by atoms with Crippen molar-refractivity contribution in [2.24, 2.45) is 17.8 Å². The topological polar surface area (TPSA) is 44.4 Å². The molecule has 4 nitrogen and oxygen atoms in total. The number of carbonyl (C=O) groups excluding carboxylic acids is 1. The third-order valence-electron chi connectivity index (χ3n) is 5.49. The van der Waals surface area contributed by atoms with E-state index in [0.717, 1.165) is 32.7 Å². The van der Waals surface area contributed by atoms with Crippen LogP contribution < -0.4 is 10.6 Å². The van der Waals surface area contributed by atoms with Crippen LogP contribution in [-0.4, -0.2) is 43.0 Å². The van der Waals surface area contributed by atoms with E-state index in [0.29, 0.717) is 11.8 Å². The molecule has 1 aromatic carbocycles. The number of nitrogens with one attached hydrogen (secondary N) is 2. The van der Waals surface area contributed by atoms with Gasteiger partial charge in [-0.05, 0) is 43.8 Å². The highest BCUT2D eigenvalue weighted by molar-refractivity contribution is 5.79. The Morgan fingerprint density at radius 1 is 1.35 bits per heavy atom. The number of rotatable bonds is 5. The average molecular weight is 315 g/mol. The second-order valence-electron chi connectivity index (χ2n) is 7.31. The van der Waals surface area contributed by atoms with Gasteiger partial charge in [0.2, 0.25) is 5.91 Å². The highest BCUT2D eigenvalue weighted by atomic mass is 16.2. The van der Waals surface area contributed by atoms with Crippen LogP contribution in [0.1, 0.15) is 25.8 Å². The fourth-order valence-electron chi connectivity index (χ4n) is 3.87. The van der Waals surface area contributed by atoms with E-state index in [4.69, 9.17) is 0 Å². The predicted octanol–water partition coefficient (Wildman–Crippen LogP) is 1.87. The molecule has 2 fully saturated rings. The van der Waals surface area contributed by atoms with Crippen LogP contribution in [0.3, 0.4) is 0 Å². The summed E-state index contributed by atoms with van der Waals surface area (Å²) in [5.74, 6) is 1.38. The fourth-order valence-corrected chi connectivity index (χ4v) is 3.87. The molecule has 0 aliphatic carbocycles. The largest absolute Gasteiger partial charge is 0.353 e. The third-order valence-corrected chi connectivity index (χ3v) is 5.49. The molecule has 4 heteroatoms. The molecule has 1 amide bonds. The summed E-state index contributed by atoms with van der Waals surface area (Å²) < 4.78 is 0. The van der Waals surface area contributed by atoms with E-state index >= 15 is 0 Å². The van der Waals surface area contributed by atoms with E-state index in [1.54, 1.807) is 0 Å². The molecule has 2 saturated heterocycles. The van der Waals surface area contributed by atoms with Crippen LogP contribution >= 0.6 is 0 Å². The molecule has 2 N–H and O–H groups in total. The van der Waals surface area contributed by atoms with Crippen molar-refractivity contribution in [2.45, 2.75) is 32.9 Å². The number of nitrogens with zero attached hydrogens (tertiary/aromatic N) is 1. The maximum absolute atomic E-state index is 12.4. The Bertz CT molecular complexity index is 519. The molecule has 0 bridgehead atoms. The van der Waals surface area contributed by atoms with Crippen LogP contribution in [0.25, 0.3) is 0 Å². The monoisotopic (exact) mass is 315 g/mol. The Morgan fingerprint density at radius 3 is 2.83 bits per heavy atom. The molecule has 2 aliphatic heterocycles. The van der Waals surface area contributed by atoms with Gasteiger partial charge in [0.1, 0.15) is 0 Å². The lowest BCUT2D eigenvalue weighted by atomic mass is 9.95. The molecule has 1 aromatic rings. The lowest BCUT2D eigenvalue weighted by molar-refractivity contribution is -0.126. The van der Waals surface area contributed by atoms with E-state index in [9.17, 15) is 4.79 Å². The first-order chi connectivity index (χ1) is 11.1. The number of benzene rings is 1. The maximum atomic E-state index is 12.4. The summed E-state index contributed by atoms with van der Waals surface area (Å²) in [6.45, 7) is 9.33. The summed E-state index contributed by atoms with van der Waals surface area (Å²) >= 11 is 0. The van der Waals surface area contributed by atoms with Crippen molar-refractivity contribution in [3.8, 4) is 0 Å². The maximum Gasteiger partial charge on any atom is 0.224 e. The zero-order valence-electron chi connectivity index (χ0n) is 14.3. The van der Waals surface area contributed by atoms with Crippen molar-refractivity contribution in [3.05, 3.63) is 35.9 Å². The molecule has 4 atom stereocenters. The normalized spacial score (nSPS) is 29.6. The van der Waals surface area contributed by atoms with Crippen LogP contribution in [0.5, 0.6) is 0 Å². The van der Waals surface area contributed by atoms with Gasteiger partial charge in [-0.15, -0.1) is 0 Å². The molecule has 0 saturated carbocycles. The second-order valence-corrected chi connectivity index (χ2v) is 7.31. The Kier molecular flexibility index (Phi) is 5.34. The van der Waals surface area contributed by atoms with Gasteiger partial charge in [-0.1, -0.05) is 37.3 Å². The van der Waals surface area contributed by atoms with Gasteiger partial charge in [0.25, 0.3) is 0 Å². The van der Waals surface area contributed by atoms with E-state index in [2.05, 4.69) is 59.7 Å². The van der Waals surface area contributed by atoms with Crippen molar-refractivity contribution in [1.29, 1.82) is 0 Å². The van der Waals surface area contributed by atoms with Gasteiger partial charge in [-0.3, -0.25) is 9.69 Å². The number of carbonyl (C=O) groups is 1. The van der Waals surface area contributed by atoms with Crippen LogP contribution in [-0.2, 0) is 11.3 Å². The zero-order chi connectivity index (χ0) is 16.2. The molecular formula is C19H29N3O. The van der Waals surface area contributed by atoms with Gasteiger partial charge < -0.3 is 10.6 Å². The quantitative estimate of drug-likeness (QED) is 0.872. The minimum absolute atomic E-state index is 0.138. The lowest BCUT2D eigenvalue weighted by Gasteiger charge is -2.24. The molecule has 126 valence electrons. The fraction of sp³-hybridized carbons (Fsp3) is 0.632. The van der Waals surface area contributed by atoms with E-state index in [1.807, 2.05) is 0 Å². The van der Waals surface area contributed by atoms with Crippen molar-refractivity contribution < 1.29 is 4.79 Å². The Labute approximate surface area is 139 Å². The first kappa shape index (κ1) is 16.5. The van der Waals surface area contributed by atoms with E-state index in [1.165, 1.54) is 12.0 Å². The summed E-state index contributed by atoms with van der Waals surface area (Å²) in [7, 11) is 0. The standard InChI is InChI=1S/C19H29N3O/c1-14-10-20-11-18(14)19(23)21-15(2)17-8-9-22(13-17)12-16-6-4-3-5-7-16/h3-7,14-15,17-18,20H,8-13H2,1-2H3,(H,21,23)/t14-,15?,17?,18-/m1/s1. The van der Waals surface area contributed by atoms with Gasteiger partial charge >= 0.3 is 0 Å². The molecule has 0 spiro atoms. The van der Waals surface area contributed by atoms with Crippen LogP contribution in [0.15, 0.2) is 30.3 Å². The average Bonchev–Trinajstić information content (AvgIpc) is 3.17. The third kappa shape index (κ3) is 4.12. The highest BCUT2D eigenvalue weighted by Gasteiger charge is 2.33. The molecule has 2 heterocycles. The van der Waals surface area contributed by atoms with Crippen molar-refractivity contribution in [2.75, 3.05) is 26.2 Å². The zero-order valence-corrected chi connectivity index (χ0v) is 14.3. The lowest BCUT2D eigenvalue weighted by Crippen LogP contribution is -2.43. The van der Waals surface area contributed by atoms with Crippen molar-refractivity contribution >= 4 is 5.91 Å². The molecule has 3 rings (SSSR count). The minimum atomic E-state index is 0.138. The molecule has 2 unspecified atom stereocenters. The molecule has 2 aliphatic rings. The molecule has 23 heavy (non-hydrogen) atoms. The molecule has 0 radical (unpaired) electrons. The van der Waals surface area contributed by atoms with Gasteiger partial charge in [0, 0.05) is 25.7 Å². The van der Waals surface area contributed by atoms with Gasteiger partial charge in [0.05, 0.1) is 5.92 Å². The van der Waals surface area contributed by atoms with E-state index in [-0.39, 0.29) is 17.9 Å². The summed E-state index contributed by atoms with van der Waals surface area (Å²) in [4.78, 5) is 14.9. The van der Waals surface area contributed by atoms with Gasteiger partial charge in [0.15, 0.2) is 0 Å². The van der Waals surface area contributed by atoms with Gasteiger partial charge in [-0.2, -0.15) is 0 Å². The number of likely N-dealkylation sites (tertiary alicyclic amines) is 1. The summed E-state index contributed by atoms with van der Waals surface area (Å²) in [5.41, 5.74) is 1.37. The predicted molar refractivity (Wildman–Crippen MR) is 93.0 cm³/mol. The Balaban J connectivity index is 1.47. The van der Waals surface area contributed by atoms with Crippen LogP contribution in [0.4, 0.5) is 0 Å². The second kappa shape index (κ2) is 7.45. The summed E-state index contributed by atoms with van der Waals surface area (Å²) in [6, 6.07) is 10.9. The first-order valence-corrected chi connectivity index (χ1v) is 8.91. The Hall–Kier alpha value is -1.39. The molecular weight excluding hydrogens is 286 g/mol.